The molecule has 0 saturated heterocycles. The third-order valence-corrected chi connectivity index (χ3v) is 3.06. The topological polar surface area (TPSA) is 66.6 Å². The molecule has 1 amide bonds. The first kappa shape index (κ1) is 15.7. The molecule has 0 aromatic carbocycles. The van der Waals surface area contributed by atoms with Crippen LogP contribution in [0.15, 0.2) is 0 Å². The van der Waals surface area contributed by atoms with Crippen LogP contribution in [0.25, 0.3) is 0 Å². The van der Waals surface area contributed by atoms with E-state index in [2.05, 4.69) is 0 Å². The fraction of sp³-hybridized carbons (Fsp3) is 0.909. The largest absolute Gasteiger partial charge is 0.396 e. The summed E-state index contributed by atoms with van der Waals surface area (Å²) in [5.74, 6) is 0.899. The Kier molecular flexibility index (Phi) is 8.70. The van der Waals surface area contributed by atoms with Gasteiger partial charge in [0.2, 0.25) is 5.91 Å². The van der Waals surface area contributed by atoms with E-state index >= 15 is 0 Å². The van der Waals surface area contributed by atoms with Gasteiger partial charge in [0.25, 0.3) is 0 Å². The van der Waals surface area contributed by atoms with Crippen molar-refractivity contribution in [3.05, 3.63) is 0 Å². The maximum Gasteiger partial charge on any atom is 0.239 e. The molecule has 0 radical (unpaired) electrons. The first-order valence-electron chi connectivity index (χ1n) is 5.70. The lowest BCUT2D eigenvalue weighted by Crippen LogP contribution is -2.47. The summed E-state index contributed by atoms with van der Waals surface area (Å²) >= 11 is 1.69. The Labute approximate surface area is 103 Å². The molecule has 0 fully saturated rings. The van der Waals surface area contributed by atoms with Gasteiger partial charge in [-0.15, -0.1) is 0 Å². The lowest BCUT2D eigenvalue weighted by atomic mass is 10.1. The molecule has 0 rings (SSSR count). The molecule has 1 atom stereocenters. The molecule has 0 bridgehead atoms. The third-order valence-electron chi connectivity index (χ3n) is 2.41. The second-order valence-corrected chi connectivity index (χ2v) is 5.08. The van der Waals surface area contributed by atoms with Crippen LogP contribution in [0, 0.1) is 0 Å². The molecule has 0 aliphatic rings. The number of hydrogen-bond acceptors (Lipinski definition) is 4. The molecule has 96 valence electrons. The van der Waals surface area contributed by atoms with E-state index in [0.29, 0.717) is 19.4 Å². The molecule has 0 spiro atoms. The maximum absolute atomic E-state index is 12.0. The molecular weight excluding hydrogens is 224 g/mol. The molecule has 0 unspecified atom stereocenters. The lowest BCUT2D eigenvalue weighted by Gasteiger charge is -2.29. The number of aliphatic hydroxyl groups excluding tert-OH is 1. The van der Waals surface area contributed by atoms with E-state index in [-0.39, 0.29) is 18.6 Å². The highest BCUT2D eigenvalue weighted by atomic mass is 32.2. The summed E-state index contributed by atoms with van der Waals surface area (Å²) in [6.45, 7) is 4.63. The van der Waals surface area contributed by atoms with Crippen LogP contribution in [0.1, 0.15) is 26.7 Å². The van der Waals surface area contributed by atoms with Crippen LogP contribution >= 0.6 is 11.8 Å². The number of thioether (sulfide) groups is 1. The number of rotatable bonds is 8. The zero-order valence-corrected chi connectivity index (χ0v) is 11.3. The van der Waals surface area contributed by atoms with Crippen LogP contribution in [-0.4, -0.2) is 53.2 Å². The second kappa shape index (κ2) is 8.84. The van der Waals surface area contributed by atoms with Gasteiger partial charge in [-0.25, -0.2) is 0 Å². The number of aliphatic hydroxyl groups is 1. The smallest absolute Gasteiger partial charge is 0.239 e. The molecule has 3 N–H and O–H groups in total. The molecule has 0 heterocycles. The molecule has 0 aliphatic carbocycles. The van der Waals surface area contributed by atoms with Crippen molar-refractivity contribution in [1.82, 2.24) is 4.90 Å². The average Bonchev–Trinajstić information content (AvgIpc) is 2.25. The Morgan fingerprint density at radius 3 is 2.56 bits per heavy atom. The molecule has 16 heavy (non-hydrogen) atoms. The standard InChI is InChI=1S/C11H24N2O2S/c1-9(2)13(6-4-7-14)11(15)10(12)5-8-16-3/h9-10,14H,4-8,12H2,1-3H3/t10-/m0/s1. The van der Waals surface area contributed by atoms with Crippen LogP contribution in [0.5, 0.6) is 0 Å². The van der Waals surface area contributed by atoms with Crippen molar-refractivity contribution < 1.29 is 9.90 Å². The second-order valence-electron chi connectivity index (χ2n) is 4.09. The monoisotopic (exact) mass is 248 g/mol. The molecule has 5 heteroatoms. The van der Waals surface area contributed by atoms with Gasteiger partial charge < -0.3 is 15.7 Å². The predicted molar refractivity (Wildman–Crippen MR) is 69.5 cm³/mol. The van der Waals surface area contributed by atoms with Crippen LogP contribution in [0.2, 0.25) is 0 Å². The Morgan fingerprint density at radius 2 is 2.12 bits per heavy atom. The summed E-state index contributed by atoms with van der Waals surface area (Å²) in [5.41, 5.74) is 5.85. The molecule has 0 saturated carbocycles. The highest BCUT2D eigenvalue weighted by molar-refractivity contribution is 7.98. The summed E-state index contributed by atoms with van der Waals surface area (Å²) < 4.78 is 0. The molecule has 4 nitrogen and oxygen atoms in total. The van der Waals surface area contributed by atoms with E-state index in [1.807, 2.05) is 20.1 Å². The van der Waals surface area contributed by atoms with E-state index in [9.17, 15) is 4.79 Å². The Morgan fingerprint density at radius 1 is 1.50 bits per heavy atom. The van der Waals surface area contributed by atoms with Gasteiger partial charge in [0.15, 0.2) is 0 Å². The fourth-order valence-electron chi connectivity index (χ4n) is 1.45. The van der Waals surface area contributed by atoms with Crippen molar-refractivity contribution in [3.63, 3.8) is 0 Å². The van der Waals surface area contributed by atoms with Crippen LogP contribution in [0.3, 0.4) is 0 Å². The molecule has 0 aromatic heterocycles. The zero-order valence-electron chi connectivity index (χ0n) is 10.5. The molecule has 0 aliphatic heterocycles. The minimum atomic E-state index is -0.409. The summed E-state index contributed by atoms with van der Waals surface area (Å²) in [4.78, 5) is 13.8. The van der Waals surface area contributed by atoms with E-state index in [4.69, 9.17) is 10.8 Å². The van der Waals surface area contributed by atoms with Crippen LogP contribution in [0.4, 0.5) is 0 Å². The SMILES string of the molecule is CSCC[C@H](N)C(=O)N(CCCO)C(C)C. The van der Waals surface area contributed by atoms with Gasteiger partial charge in [-0.05, 0) is 38.7 Å². The third kappa shape index (κ3) is 5.72. The van der Waals surface area contributed by atoms with Crippen molar-refractivity contribution in [2.45, 2.75) is 38.8 Å². The zero-order chi connectivity index (χ0) is 12.6. The van der Waals surface area contributed by atoms with Crippen molar-refractivity contribution in [3.8, 4) is 0 Å². The van der Waals surface area contributed by atoms with Gasteiger partial charge >= 0.3 is 0 Å². The highest BCUT2D eigenvalue weighted by Crippen LogP contribution is 2.06. The molecular formula is C11H24N2O2S. The first-order valence-corrected chi connectivity index (χ1v) is 7.09. The Hall–Kier alpha value is -0.260. The summed E-state index contributed by atoms with van der Waals surface area (Å²) in [6, 6.07) is -0.270. The van der Waals surface area contributed by atoms with Gasteiger partial charge in [-0.3, -0.25) is 4.79 Å². The number of nitrogens with two attached hydrogens (primary N) is 1. The van der Waals surface area contributed by atoms with E-state index in [1.54, 1.807) is 16.7 Å². The minimum absolute atomic E-state index is 0.00231. The Bertz CT molecular complexity index is 200. The van der Waals surface area contributed by atoms with Crippen molar-refractivity contribution in [2.75, 3.05) is 25.2 Å². The number of hydrogen-bond donors (Lipinski definition) is 2. The van der Waals surface area contributed by atoms with Crippen LogP contribution in [-0.2, 0) is 4.79 Å². The quantitative estimate of drug-likeness (QED) is 0.663. The first-order chi connectivity index (χ1) is 7.54. The number of nitrogens with zero attached hydrogens (tertiary/aromatic N) is 1. The summed E-state index contributed by atoms with van der Waals surface area (Å²) in [7, 11) is 0. The number of amides is 1. The van der Waals surface area contributed by atoms with Gasteiger partial charge in [-0.1, -0.05) is 0 Å². The average molecular weight is 248 g/mol. The Balaban J connectivity index is 4.24. The van der Waals surface area contributed by atoms with Gasteiger partial charge in [0.1, 0.15) is 0 Å². The van der Waals surface area contributed by atoms with Crippen molar-refractivity contribution >= 4 is 17.7 Å². The highest BCUT2D eigenvalue weighted by Gasteiger charge is 2.22. The van der Waals surface area contributed by atoms with Gasteiger partial charge in [0, 0.05) is 19.2 Å². The lowest BCUT2D eigenvalue weighted by molar-refractivity contribution is -0.134. The normalized spacial score (nSPS) is 12.9. The fourth-order valence-corrected chi connectivity index (χ4v) is 1.93. The van der Waals surface area contributed by atoms with Gasteiger partial charge in [-0.2, -0.15) is 11.8 Å². The molecule has 0 aromatic rings. The van der Waals surface area contributed by atoms with E-state index < -0.39 is 6.04 Å². The minimum Gasteiger partial charge on any atom is -0.396 e. The van der Waals surface area contributed by atoms with Crippen molar-refractivity contribution in [2.24, 2.45) is 5.73 Å². The van der Waals surface area contributed by atoms with E-state index in [1.165, 1.54) is 0 Å². The number of carbonyl (C=O) groups is 1. The number of carbonyl (C=O) groups excluding carboxylic acids is 1. The summed E-state index contributed by atoms with van der Waals surface area (Å²) in [5, 5.41) is 8.79. The predicted octanol–water partition coefficient (Wildman–Crippen LogP) is 0.686. The van der Waals surface area contributed by atoms with Crippen LogP contribution < -0.4 is 5.73 Å². The maximum atomic E-state index is 12.0. The van der Waals surface area contributed by atoms with E-state index in [0.717, 1.165) is 5.75 Å². The van der Waals surface area contributed by atoms with Gasteiger partial charge in [0.05, 0.1) is 6.04 Å². The van der Waals surface area contributed by atoms with Crippen molar-refractivity contribution in [1.29, 1.82) is 0 Å². The summed E-state index contributed by atoms with van der Waals surface area (Å²) in [6.07, 6.45) is 3.32.